The van der Waals surface area contributed by atoms with Crippen LogP contribution in [0.15, 0.2) is 12.1 Å². The molecule has 0 aromatic carbocycles. The minimum absolute atomic E-state index is 0.0317. The maximum absolute atomic E-state index is 11.9. The average Bonchev–Trinajstić information content (AvgIpc) is 2.47. The van der Waals surface area contributed by atoms with Gasteiger partial charge >= 0.3 is 0 Å². The summed E-state index contributed by atoms with van der Waals surface area (Å²) in [4.78, 5) is 31.7. The molecule has 2 N–H and O–H groups in total. The number of carbonyl (C=O) groups is 2. The molecule has 2 amide bonds. The van der Waals surface area contributed by atoms with Gasteiger partial charge in [-0.15, -0.1) is 0 Å². The molecular formula is C14H18N4O3. The number of amides is 2. The lowest BCUT2D eigenvalue weighted by Crippen LogP contribution is -2.65. The lowest BCUT2D eigenvalue weighted by Gasteiger charge is -2.42. The number of aromatic nitrogens is 1. The Morgan fingerprint density at radius 2 is 2.19 bits per heavy atom. The van der Waals surface area contributed by atoms with E-state index in [1.54, 1.807) is 17.0 Å². The third kappa shape index (κ3) is 2.69. The first kappa shape index (κ1) is 13.8. The molecule has 0 unspecified atom stereocenters. The fourth-order valence-electron chi connectivity index (χ4n) is 2.82. The average molecular weight is 290 g/mol. The number of piperazine rings is 2. The highest BCUT2D eigenvalue weighted by molar-refractivity contribution is 5.95. The Balaban J connectivity index is 1.72. The second-order valence-corrected chi connectivity index (χ2v) is 5.47. The lowest BCUT2D eigenvalue weighted by atomic mass is 10.1. The van der Waals surface area contributed by atoms with Crippen LogP contribution in [0.4, 0.5) is 0 Å². The van der Waals surface area contributed by atoms with E-state index in [-0.39, 0.29) is 24.1 Å². The van der Waals surface area contributed by atoms with E-state index >= 15 is 0 Å². The normalized spacial score (nSPS) is 22.9. The Kier molecular flexibility index (Phi) is 3.50. The number of rotatable bonds is 2. The summed E-state index contributed by atoms with van der Waals surface area (Å²) >= 11 is 0. The summed E-state index contributed by atoms with van der Waals surface area (Å²) in [7, 11) is 0. The summed E-state index contributed by atoms with van der Waals surface area (Å²) in [6.45, 7) is 4.10. The van der Waals surface area contributed by atoms with Gasteiger partial charge in [0.25, 0.3) is 0 Å². The molecule has 0 radical (unpaired) electrons. The third-order valence-electron chi connectivity index (χ3n) is 3.96. The predicted octanol–water partition coefficient (Wildman–Crippen LogP) is -0.762. The standard InChI is InChI=1S/C14H18N4O3/c1-9-2-3-12(19)10(16-9)7-17-4-5-18-11(8-17)14(21)15-6-13(18)20/h2-3,11,19H,4-8H2,1H3,(H,15,21)/t11-/m0/s1. The molecular weight excluding hydrogens is 272 g/mol. The molecule has 1 aromatic heterocycles. The van der Waals surface area contributed by atoms with Gasteiger partial charge in [0.05, 0.1) is 12.2 Å². The van der Waals surface area contributed by atoms with E-state index in [0.717, 1.165) is 5.69 Å². The molecule has 0 bridgehead atoms. The van der Waals surface area contributed by atoms with Crippen LogP contribution in [0.2, 0.25) is 0 Å². The Morgan fingerprint density at radius 3 is 3.00 bits per heavy atom. The molecule has 0 saturated carbocycles. The van der Waals surface area contributed by atoms with E-state index < -0.39 is 6.04 Å². The fraction of sp³-hybridized carbons (Fsp3) is 0.500. The first-order chi connectivity index (χ1) is 10.0. The SMILES string of the molecule is Cc1ccc(O)c(CN2CCN3C(=O)CNC(=O)[C@@H]3C2)n1. The Hall–Kier alpha value is -2.15. The minimum atomic E-state index is -0.438. The zero-order chi connectivity index (χ0) is 15.0. The van der Waals surface area contributed by atoms with Gasteiger partial charge in [0.15, 0.2) is 0 Å². The van der Waals surface area contributed by atoms with Crippen molar-refractivity contribution in [3.63, 3.8) is 0 Å². The summed E-state index contributed by atoms with van der Waals surface area (Å²) in [5.74, 6) is 0.0173. The van der Waals surface area contributed by atoms with Gasteiger partial charge in [-0.2, -0.15) is 0 Å². The quantitative estimate of drug-likeness (QED) is 0.747. The maximum atomic E-state index is 11.9. The zero-order valence-electron chi connectivity index (χ0n) is 11.9. The van der Waals surface area contributed by atoms with E-state index in [4.69, 9.17) is 0 Å². The van der Waals surface area contributed by atoms with Crippen molar-refractivity contribution >= 4 is 11.8 Å². The highest BCUT2D eigenvalue weighted by atomic mass is 16.3. The van der Waals surface area contributed by atoms with Crippen molar-refractivity contribution in [2.75, 3.05) is 26.2 Å². The molecule has 2 aliphatic rings. The number of pyridine rings is 1. The molecule has 0 spiro atoms. The van der Waals surface area contributed by atoms with Gasteiger partial charge in [0.1, 0.15) is 11.8 Å². The number of fused-ring (bicyclic) bond motifs is 1. The van der Waals surface area contributed by atoms with Crippen molar-refractivity contribution < 1.29 is 14.7 Å². The molecule has 112 valence electrons. The fourth-order valence-corrected chi connectivity index (χ4v) is 2.82. The first-order valence-electron chi connectivity index (χ1n) is 6.99. The van der Waals surface area contributed by atoms with Gasteiger partial charge in [-0.3, -0.25) is 19.5 Å². The largest absolute Gasteiger partial charge is 0.506 e. The van der Waals surface area contributed by atoms with Gasteiger partial charge in [-0.05, 0) is 19.1 Å². The van der Waals surface area contributed by atoms with Crippen molar-refractivity contribution in [1.29, 1.82) is 0 Å². The van der Waals surface area contributed by atoms with Crippen LogP contribution in [-0.4, -0.2) is 63.9 Å². The van der Waals surface area contributed by atoms with E-state index in [1.165, 1.54) is 0 Å². The summed E-state index contributed by atoms with van der Waals surface area (Å²) in [6.07, 6.45) is 0. The van der Waals surface area contributed by atoms with Crippen molar-refractivity contribution in [2.24, 2.45) is 0 Å². The van der Waals surface area contributed by atoms with Crippen LogP contribution in [0.3, 0.4) is 0 Å². The third-order valence-corrected chi connectivity index (χ3v) is 3.96. The van der Waals surface area contributed by atoms with E-state index in [1.807, 2.05) is 11.8 Å². The number of carbonyl (C=O) groups excluding carboxylic acids is 2. The van der Waals surface area contributed by atoms with Gasteiger partial charge in [0.2, 0.25) is 11.8 Å². The van der Waals surface area contributed by atoms with E-state index in [0.29, 0.717) is 31.9 Å². The highest BCUT2D eigenvalue weighted by Crippen LogP contribution is 2.20. The Labute approximate surface area is 122 Å². The predicted molar refractivity (Wildman–Crippen MR) is 74.4 cm³/mol. The van der Waals surface area contributed by atoms with Crippen LogP contribution >= 0.6 is 0 Å². The molecule has 2 saturated heterocycles. The lowest BCUT2D eigenvalue weighted by molar-refractivity contribution is -0.149. The Morgan fingerprint density at radius 1 is 1.38 bits per heavy atom. The number of aromatic hydroxyl groups is 1. The molecule has 2 aliphatic heterocycles. The van der Waals surface area contributed by atoms with Crippen LogP contribution in [0.5, 0.6) is 5.75 Å². The molecule has 7 nitrogen and oxygen atoms in total. The summed E-state index contributed by atoms with van der Waals surface area (Å²) in [5.41, 5.74) is 1.44. The van der Waals surface area contributed by atoms with Crippen LogP contribution in [0.25, 0.3) is 0 Å². The number of nitrogens with zero attached hydrogens (tertiary/aromatic N) is 3. The number of hydrogen-bond donors (Lipinski definition) is 2. The summed E-state index contributed by atoms with van der Waals surface area (Å²) in [6, 6.07) is 2.95. The van der Waals surface area contributed by atoms with Crippen molar-refractivity contribution in [2.45, 2.75) is 19.5 Å². The number of aryl methyl sites for hydroxylation is 1. The van der Waals surface area contributed by atoms with Crippen LogP contribution in [0.1, 0.15) is 11.4 Å². The van der Waals surface area contributed by atoms with Crippen LogP contribution in [-0.2, 0) is 16.1 Å². The van der Waals surface area contributed by atoms with Gasteiger partial charge in [-0.25, -0.2) is 0 Å². The second kappa shape index (κ2) is 5.33. The minimum Gasteiger partial charge on any atom is -0.506 e. The number of nitrogens with one attached hydrogen (secondary N) is 1. The summed E-state index contributed by atoms with van der Waals surface area (Å²) < 4.78 is 0. The smallest absolute Gasteiger partial charge is 0.244 e. The van der Waals surface area contributed by atoms with Crippen LogP contribution < -0.4 is 5.32 Å². The van der Waals surface area contributed by atoms with E-state index in [9.17, 15) is 14.7 Å². The molecule has 2 fully saturated rings. The highest BCUT2D eigenvalue weighted by Gasteiger charge is 2.38. The van der Waals surface area contributed by atoms with E-state index in [2.05, 4.69) is 10.3 Å². The monoisotopic (exact) mass is 290 g/mol. The van der Waals surface area contributed by atoms with Crippen molar-refractivity contribution in [1.82, 2.24) is 20.1 Å². The molecule has 1 aromatic rings. The molecule has 7 heteroatoms. The van der Waals surface area contributed by atoms with Crippen molar-refractivity contribution in [3.05, 3.63) is 23.5 Å². The van der Waals surface area contributed by atoms with Crippen LogP contribution in [0, 0.1) is 6.92 Å². The topological polar surface area (TPSA) is 85.8 Å². The maximum Gasteiger partial charge on any atom is 0.244 e. The molecule has 0 aliphatic carbocycles. The van der Waals surface area contributed by atoms with Crippen molar-refractivity contribution in [3.8, 4) is 5.75 Å². The molecule has 3 rings (SSSR count). The summed E-state index contributed by atoms with van der Waals surface area (Å²) in [5, 5.41) is 12.5. The van der Waals surface area contributed by atoms with Gasteiger partial charge in [-0.1, -0.05) is 0 Å². The zero-order valence-corrected chi connectivity index (χ0v) is 11.9. The molecule has 21 heavy (non-hydrogen) atoms. The van der Waals surface area contributed by atoms with Gasteiger partial charge in [0, 0.05) is 31.9 Å². The van der Waals surface area contributed by atoms with Gasteiger partial charge < -0.3 is 15.3 Å². The first-order valence-corrected chi connectivity index (χ1v) is 6.99. The number of hydrogen-bond acceptors (Lipinski definition) is 5. The Bertz CT molecular complexity index is 590. The second-order valence-electron chi connectivity index (χ2n) is 5.47. The molecule has 3 heterocycles. The molecule has 1 atom stereocenters.